The Labute approximate surface area is 88.5 Å². The normalized spacial score (nSPS) is 11.1. The highest BCUT2D eigenvalue weighted by atomic mass is 31.2. The Morgan fingerprint density at radius 2 is 1.94 bits per heavy atom. The van der Waals surface area contributed by atoms with Gasteiger partial charge in [0.2, 0.25) is 0 Å². The number of carboxylic acid groups (broad SMARTS) is 1. The molecule has 0 unspecified atom stereocenters. The molecule has 1 aromatic carbocycles. The molecule has 0 aliphatic carbocycles. The Morgan fingerprint density at radius 3 is 2.31 bits per heavy atom. The molecule has 3 N–H and O–H groups in total. The Balaban J connectivity index is 3.49. The minimum atomic E-state index is -4.76. The molecule has 0 saturated carbocycles. The largest absolute Gasteiger partial charge is 0.478 e. The van der Waals surface area contributed by atoms with Crippen LogP contribution in [0.25, 0.3) is 0 Å². The van der Waals surface area contributed by atoms with Gasteiger partial charge in [-0.3, -0.25) is 14.7 Å². The lowest BCUT2D eigenvalue weighted by molar-refractivity contribution is -0.384. The second kappa shape index (κ2) is 4.01. The van der Waals surface area contributed by atoms with Gasteiger partial charge in [0.15, 0.2) is 0 Å². The molecule has 0 radical (unpaired) electrons. The van der Waals surface area contributed by atoms with Crippen molar-refractivity contribution in [2.24, 2.45) is 0 Å². The number of carboxylic acids is 1. The van der Waals surface area contributed by atoms with Crippen molar-refractivity contribution in [1.82, 2.24) is 0 Å². The van der Waals surface area contributed by atoms with Gasteiger partial charge in [-0.05, 0) is 6.07 Å². The van der Waals surface area contributed by atoms with Gasteiger partial charge in [0.05, 0.1) is 15.8 Å². The first kappa shape index (κ1) is 12.3. The van der Waals surface area contributed by atoms with Gasteiger partial charge in [0.1, 0.15) is 0 Å². The molecule has 0 spiro atoms. The van der Waals surface area contributed by atoms with Crippen molar-refractivity contribution >= 4 is 24.6 Å². The van der Waals surface area contributed by atoms with Gasteiger partial charge in [-0.1, -0.05) is 0 Å². The Hall–Kier alpha value is -1.76. The lowest BCUT2D eigenvalue weighted by atomic mass is 10.2. The third-order valence-electron chi connectivity index (χ3n) is 1.74. The van der Waals surface area contributed by atoms with Crippen molar-refractivity contribution in [3.63, 3.8) is 0 Å². The molecule has 0 saturated heterocycles. The van der Waals surface area contributed by atoms with E-state index in [4.69, 9.17) is 14.9 Å². The predicted octanol–water partition coefficient (Wildman–Crippen LogP) is 0.0960. The van der Waals surface area contributed by atoms with Crippen LogP contribution in [-0.2, 0) is 4.57 Å². The van der Waals surface area contributed by atoms with Gasteiger partial charge in [0.25, 0.3) is 5.69 Å². The van der Waals surface area contributed by atoms with Gasteiger partial charge in [-0.25, -0.2) is 4.79 Å². The number of nitro benzene ring substituents is 1. The fourth-order valence-corrected chi connectivity index (χ4v) is 1.81. The Bertz CT molecular complexity index is 505. The number of nitro groups is 1. The SMILES string of the molecule is O=C(O)c1cc([N+](=O)[O-])ccc1P(=O)(O)O. The lowest BCUT2D eigenvalue weighted by Crippen LogP contribution is -2.16. The average molecular weight is 247 g/mol. The zero-order valence-electron chi connectivity index (χ0n) is 7.60. The van der Waals surface area contributed by atoms with Crippen LogP contribution in [0.5, 0.6) is 0 Å². The van der Waals surface area contributed by atoms with E-state index in [1.807, 2.05) is 0 Å². The summed E-state index contributed by atoms with van der Waals surface area (Å²) in [4.78, 5) is 37.8. The summed E-state index contributed by atoms with van der Waals surface area (Å²) >= 11 is 0. The number of hydrogen-bond acceptors (Lipinski definition) is 4. The van der Waals surface area contributed by atoms with Crippen LogP contribution in [0.2, 0.25) is 0 Å². The van der Waals surface area contributed by atoms with E-state index in [9.17, 15) is 19.5 Å². The number of benzene rings is 1. The van der Waals surface area contributed by atoms with Gasteiger partial charge in [-0.15, -0.1) is 0 Å². The van der Waals surface area contributed by atoms with Crippen LogP contribution in [0.1, 0.15) is 10.4 Å². The molecule has 1 aromatic rings. The van der Waals surface area contributed by atoms with Crippen molar-refractivity contribution in [3.8, 4) is 0 Å². The van der Waals surface area contributed by atoms with E-state index in [-0.39, 0.29) is 0 Å². The highest BCUT2D eigenvalue weighted by Crippen LogP contribution is 2.35. The van der Waals surface area contributed by atoms with Gasteiger partial charge in [0, 0.05) is 12.1 Å². The quantitative estimate of drug-likeness (QED) is 0.391. The van der Waals surface area contributed by atoms with Crippen molar-refractivity contribution < 1.29 is 29.2 Å². The Kier molecular flexibility index (Phi) is 3.09. The molecule has 16 heavy (non-hydrogen) atoms. The fourth-order valence-electron chi connectivity index (χ4n) is 1.06. The summed E-state index contributed by atoms with van der Waals surface area (Å²) in [7, 11) is -4.76. The molecule has 0 atom stereocenters. The summed E-state index contributed by atoms with van der Waals surface area (Å²) in [6.07, 6.45) is 0. The molecular formula is C7H6NO7P. The maximum atomic E-state index is 10.9. The minimum absolute atomic E-state index is 0.547. The van der Waals surface area contributed by atoms with Crippen LogP contribution in [0, 0.1) is 10.1 Å². The summed E-state index contributed by atoms with van der Waals surface area (Å²) in [5.74, 6) is -1.64. The van der Waals surface area contributed by atoms with Crippen molar-refractivity contribution in [3.05, 3.63) is 33.9 Å². The topological polar surface area (TPSA) is 138 Å². The number of non-ortho nitro benzene ring substituents is 1. The molecule has 0 bridgehead atoms. The van der Waals surface area contributed by atoms with E-state index in [1.165, 1.54) is 0 Å². The van der Waals surface area contributed by atoms with E-state index in [2.05, 4.69) is 0 Å². The molecule has 0 aromatic heterocycles. The monoisotopic (exact) mass is 247 g/mol. The smallest absolute Gasteiger partial charge is 0.357 e. The second-order valence-corrected chi connectivity index (χ2v) is 4.38. The summed E-state index contributed by atoms with van der Waals surface area (Å²) in [5, 5.41) is 18.3. The first-order valence-corrected chi connectivity index (χ1v) is 5.42. The molecule has 0 aliphatic heterocycles. The summed E-state index contributed by atoms with van der Waals surface area (Å²) in [6, 6.07) is 2.18. The van der Waals surface area contributed by atoms with Gasteiger partial charge < -0.3 is 14.9 Å². The van der Waals surface area contributed by atoms with Crippen LogP contribution in [0.15, 0.2) is 18.2 Å². The first-order chi connectivity index (χ1) is 7.23. The zero-order valence-corrected chi connectivity index (χ0v) is 8.50. The highest BCUT2D eigenvalue weighted by Gasteiger charge is 2.27. The summed E-state index contributed by atoms with van der Waals surface area (Å²) in [6.45, 7) is 0. The van der Waals surface area contributed by atoms with Crippen molar-refractivity contribution in [2.75, 3.05) is 0 Å². The van der Waals surface area contributed by atoms with Crippen LogP contribution >= 0.6 is 7.60 Å². The molecule has 0 amide bonds. The molecular weight excluding hydrogens is 241 g/mol. The number of carbonyl (C=O) groups is 1. The van der Waals surface area contributed by atoms with E-state index in [0.29, 0.717) is 6.07 Å². The first-order valence-electron chi connectivity index (χ1n) is 3.81. The van der Waals surface area contributed by atoms with Crippen molar-refractivity contribution in [1.29, 1.82) is 0 Å². The third kappa shape index (κ3) is 2.43. The maximum absolute atomic E-state index is 10.9. The average Bonchev–Trinajstić information content (AvgIpc) is 2.15. The predicted molar refractivity (Wildman–Crippen MR) is 51.7 cm³/mol. The Morgan fingerprint density at radius 1 is 1.38 bits per heavy atom. The van der Waals surface area contributed by atoms with Crippen LogP contribution in [-0.4, -0.2) is 25.8 Å². The molecule has 0 aliphatic rings. The van der Waals surface area contributed by atoms with E-state index in [0.717, 1.165) is 12.1 Å². The molecule has 1 rings (SSSR count). The molecule has 0 heterocycles. The maximum Gasteiger partial charge on any atom is 0.357 e. The number of rotatable bonds is 3. The van der Waals surface area contributed by atoms with Gasteiger partial charge >= 0.3 is 13.6 Å². The van der Waals surface area contributed by atoms with Crippen LogP contribution in [0.3, 0.4) is 0 Å². The highest BCUT2D eigenvalue weighted by molar-refractivity contribution is 7.60. The number of nitrogens with zero attached hydrogens (tertiary/aromatic N) is 1. The zero-order chi connectivity index (χ0) is 12.5. The van der Waals surface area contributed by atoms with Crippen molar-refractivity contribution in [2.45, 2.75) is 0 Å². The number of aromatic carboxylic acids is 1. The standard InChI is InChI=1S/C7H6NO7P/c9-7(10)5-3-4(8(11)12)1-2-6(5)16(13,14)15/h1-3H,(H,9,10)(H2,13,14,15). The van der Waals surface area contributed by atoms with Gasteiger partial charge in [-0.2, -0.15) is 0 Å². The van der Waals surface area contributed by atoms with E-state index < -0.39 is 35.0 Å². The second-order valence-electron chi connectivity index (χ2n) is 2.81. The van der Waals surface area contributed by atoms with Crippen LogP contribution in [0.4, 0.5) is 5.69 Å². The lowest BCUT2D eigenvalue weighted by Gasteiger charge is -2.06. The summed E-state index contributed by atoms with van der Waals surface area (Å²) < 4.78 is 10.9. The third-order valence-corrected chi connectivity index (χ3v) is 2.75. The molecule has 8 nitrogen and oxygen atoms in total. The van der Waals surface area contributed by atoms with E-state index in [1.54, 1.807) is 0 Å². The minimum Gasteiger partial charge on any atom is -0.478 e. The summed E-state index contributed by atoms with van der Waals surface area (Å²) in [5.41, 5.74) is -1.32. The van der Waals surface area contributed by atoms with Crippen LogP contribution < -0.4 is 5.30 Å². The molecule has 0 fully saturated rings. The number of hydrogen-bond donors (Lipinski definition) is 3. The fraction of sp³-hybridized carbons (Fsp3) is 0. The molecule has 86 valence electrons. The van der Waals surface area contributed by atoms with E-state index >= 15 is 0 Å². The molecule has 9 heteroatoms.